The zero-order valence-corrected chi connectivity index (χ0v) is 10.7. The Kier molecular flexibility index (Phi) is 2.75. The van der Waals surface area contributed by atoms with E-state index in [0.717, 1.165) is 5.01 Å². The Morgan fingerprint density at radius 1 is 1.47 bits per heavy atom. The predicted molar refractivity (Wildman–Crippen MR) is 70.9 cm³/mol. The number of hydrogen-bond donors (Lipinski definition) is 2. The third-order valence-corrected chi connectivity index (χ3v) is 3.38. The van der Waals surface area contributed by atoms with E-state index >= 15 is 0 Å². The number of anilines is 1. The fourth-order valence-electron chi connectivity index (χ4n) is 1.72. The van der Waals surface area contributed by atoms with Gasteiger partial charge < -0.3 is 5.32 Å². The summed E-state index contributed by atoms with van der Waals surface area (Å²) in [5.41, 5.74) is 0.987. The van der Waals surface area contributed by atoms with Gasteiger partial charge in [0.15, 0.2) is 5.82 Å². The quantitative estimate of drug-likeness (QED) is 0.756. The Hall–Kier alpha value is -2.28. The Bertz CT molecular complexity index is 764. The number of hydrogen-bond acceptors (Lipinski definition) is 4. The van der Waals surface area contributed by atoms with Gasteiger partial charge in [-0.1, -0.05) is 0 Å². The largest absolute Gasteiger partial charge is 0.303 e. The van der Waals surface area contributed by atoms with Gasteiger partial charge in [-0.25, -0.2) is 9.37 Å². The number of nitrogens with one attached hydrogen (secondary N) is 2. The third-order valence-electron chi connectivity index (χ3n) is 2.61. The number of carbonyl (C=O) groups excluding carboxylic acids is 1. The molecule has 1 amide bonds. The van der Waals surface area contributed by atoms with Crippen molar-refractivity contribution in [1.82, 2.24) is 15.2 Å². The van der Waals surface area contributed by atoms with E-state index in [1.165, 1.54) is 23.5 Å². The molecule has 2 heterocycles. The molecule has 0 unspecified atom stereocenters. The third kappa shape index (κ3) is 2.19. The van der Waals surface area contributed by atoms with Gasteiger partial charge in [-0.2, -0.15) is 5.10 Å². The van der Waals surface area contributed by atoms with E-state index in [0.29, 0.717) is 22.4 Å². The molecule has 1 aromatic carbocycles. The van der Waals surface area contributed by atoms with E-state index in [1.54, 1.807) is 11.4 Å². The zero-order chi connectivity index (χ0) is 13.4. The molecule has 0 saturated heterocycles. The molecule has 0 aliphatic rings. The first-order valence-electron chi connectivity index (χ1n) is 5.50. The molecule has 3 aromatic rings. The highest BCUT2D eigenvalue weighted by molar-refractivity contribution is 7.09. The van der Waals surface area contributed by atoms with Crippen LogP contribution in [-0.4, -0.2) is 21.1 Å². The number of aromatic nitrogens is 3. The zero-order valence-electron chi connectivity index (χ0n) is 9.90. The smallest absolute Gasteiger partial charge is 0.276 e. The number of carbonyl (C=O) groups is 1. The summed E-state index contributed by atoms with van der Waals surface area (Å²) in [6, 6.07) is 4.22. The number of benzene rings is 1. The molecule has 0 aliphatic heterocycles. The summed E-state index contributed by atoms with van der Waals surface area (Å²) in [7, 11) is 0. The normalized spacial score (nSPS) is 10.8. The molecule has 3 rings (SSSR count). The molecule has 2 aromatic heterocycles. The molecule has 19 heavy (non-hydrogen) atoms. The van der Waals surface area contributed by atoms with Crippen molar-refractivity contribution in [2.45, 2.75) is 6.92 Å². The van der Waals surface area contributed by atoms with Crippen molar-refractivity contribution in [3.8, 4) is 0 Å². The maximum atomic E-state index is 13.2. The highest BCUT2D eigenvalue weighted by Gasteiger charge is 2.13. The highest BCUT2D eigenvalue weighted by Crippen LogP contribution is 2.22. The topological polar surface area (TPSA) is 70.7 Å². The van der Waals surface area contributed by atoms with Crippen molar-refractivity contribution in [1.29, 1.82) is 0 Å². The van der Waals surface area contributed by atoms with Crippen molar-refractivity contribution in [2.75, 3.05) is 5.32 Å². The lowest BCUT2D eigenvalue weighted by atomic mass is 10.2. The summed E-state index contributed by atoms with van der Waals surface area (Å²) in [6.07, 6.45) is 0. The van der Waals surface area contributed by atoms with E-state index in [4.69, 9.17) is 0 Å². The Balaban J connectivity index is 1.93. The number of rotatable bonds is 2. The van der Waals surface area contributed by atoms with Gasteiger partial charge in [-0.3, -0.25) is 9.89 Å². The van der Waals surface area contributed by atoms with Gasteiger partial charge in [0.25, 0.3) is 5.91 Å². The summed E-state index contributed by atoms with van der Waals surface area (Å²) in [6.45, 7) is 1.82. The first-order valence-corrected chi connectivity index (χ1v) is 6.38. The summed E-state index contributed by atoms with van der Waals surface area (Å²) >= 11 is 1.39. The number of aryl methyl sites for hydroxylation is 1. The van der Waals surface area contributed by atoms with Crippen molar-refractivity contribution in [3.63, 3.8) is 0 Å². The Morgan fingerprint density at radius 2 is 2.32 bits per heavy atom. The molecule has 96 valence electrons. The van der Waals surface area contributed by atoms with Crippen LogP contribution in [-0.2, 0) is 0 Å². The van der Waals surface area contributed by atoms with E-state index in [9.17, 15) is 9.18 Å². The van der Waals surface area contributed by atoms with Crippen LogP contribution >= 0.6 is 11.3 Å². The molecule has 0 saturated carbocycles. The van der Waals surface area contributed by atoms with Gasteiger partial charge in [-0.15, -0.1) is 11.3 Å². The molecule has 0 atom stereocenters. The van der Waals surface area contributed by atoms with E-state index < -0.39 is 0 Å². The van der Waals surface area contributed by atoms with E-state index in [-0.39, 0.29) is 11.7 Å². The van der Waals surface area contributed by atoms with Crippen LogP contribution in [0.25, 0.3) is 10.9 Å². The van der Waals surface area contributed by atoms with Crippen LogP contribution in [0, 0.1) is 12.7 Å². The maximum absolute atomic E-state index is 13.2. The van der Waals surface area contributed by atoms with Crippen molar-refractivity contribution in [2.24, 2.45) is 0 Å². The molecule has 0 fully saturated rings. The number of thiazole rings is 1. The number of amides is 1. The maximum Gasteiger partial charge on any atom is 0.276 e. The van der Waals surface area contributed by atoms with E-state index in [1.807, 2.05) is 6.92 Å². The van der Waals surface area contributed by atoms with Gasteiger partial charge in [-0.05, 0) is 25.1 Å². The van der Waals surface area contributed by atoms with Crippen molar-refractivity contribution in [3.05, 3.63) is 40.1 Å². The van der Waals surface area contributed by atoms with Gasteiger partial charge in [0.2, 0.25) is 0 Å². The number of halogens is 1. The number of nitrogens with zero attached hydrogens (tertiary/aromatic N) is 2. The van der Waals surface area contributed by atoms with Crippen LogP contribution in [0.5, 0.6) is 0 Å². The predicted octanol–water partition coefficient (Wildman–Crippen LogP) is 2.72. The molecule has 0 aliphatic carbocycles. The Labute approximate surface area is 111 Å². The minimum atomic E-state index is -0.381. The SMILES string of the molecule is Cc1nc(C(=O)Nc2n[nH]c3ccc(F)cc23)cs1. The first-order chi connectivity index (χ1) is 9.13. The molecule has 0 bridgehead atoms. The molecular weight excluding hydrogens is 267 g/mol. The molecular formula is C12H9FN4OS. The average Bonchev–Trinajstić information content (AvgIpc) is 2.97. The summed E-state index contributed by atoms with van der Waals surface area (Å²) in [5, 5.41) is 12.3. The van der Waals surface area contributed by atoms with Crippen LogP contribution in [0.4, 0.5) is 10.2 Å². The van der Waals surface area contributed by atoms with E-state index in [2.05, 4.69) is 20.5 Å². The Morgan fingerprint density at radius 3 is 3.05 bits per heavy atom. The second-order valence-electron chi connectivity index (χ2n) is 3.97. The lowest BCUT2D eigenvalue weighted by Crippen LogP contribution is -2.12. The van der Waals surface area contributed by atoms with Crippen LogP contribution in [0.1, 0.15) is 15.5 Å². The summed E-state index contributed by atoms with van der Waals surface area (Å²) in [4.78, 5) is 16.0. The number of aromatic amines is 1. The molecule has 7 heteroatoms. The minimum Gasteiger partial charge on any atom is -0.303 e. The van der Waals surface area contributed by atoms with Gasteiger partial charge in [0, 0.05) is 10.8 Å². The highest BCUT2D eigenvalue weighted by atomic mass is 32.1. The second-order valence-corrected chi connectivity index (χ2v) is 5.03. The standard InChI is InChI=1S/C12H9FN4OS/c1-6-14-10(5-19-6)12(18)15-11-8-4-7(13)2-3-9(8)16-17-11/h2-5H,1H3,(H2,15,16,17,18). The van der Waals surface area contributed by atoms with Gasteiger partial charge in [0.05, 0.1) is 10.5 Å². The average molecular weight is 276 g/mol. The molecule has 2 N–H and O–H groups in total. The fourth-order valence-corrected chi connectivity index (χ4v) is 2.31. The van der Waals surface area contributed by atoms with Crippen LogP contribution in [0.15, 0.2) is 23.6 Å². The summed E-state index contributed by atoms with van der Waals surface area (Å²) in [5.74, 6) is -0.443. The molecule has 5 nitrogen and oxygen atoms in total. The van der Waals surface area contributed by atoms with Crippen molar-refractivity contribution >= 4 is 34.0 Å². The molecule has 0 spiro atoms. The van der Waals surface area contributed by atoms with Gasteiger partial charge >= 0.3 is 0 Å². The van der Waals surface area contributed by atoms with Crippen molar-refractivity contribution < 1.29 is 9.18 Å². The lowest BCUT2D eigenvalue weighted by molar-refractivity contribution is 0.102. The number of fused-ring (bicyclic) bond motifs is 1. The van der Waals surface area contributed by atoms with Crippen LogP contribution < -0.4 is 5.32 Å². The first kappa shape index (κ1) is 11.8. The minimum absolute atomic E-state index is 0.296. The monoisotopic (exact) mass is 276 g/mol. The molecule has 0 radical (unpaired) electrons. The van der Waals surface area contributed by atoms with Gasteiger partial charge in [0.1, 0.15) is 11.5 Å². The fraction of sp³-hybridized carbons (Fsp3) is 0.0833. The lowest BCUT2D eigenvalue weighted by Gasteiger charge is -1.99. The number of H-pyrrole nitrogens is 1. The summed E-state index contributed by atoms with van der Waals surface area (Å²) < 4.78 is 13.2. The van der Waals surface area contributed by atoms with Crippen LogP contribution in [0.3, 0.4) is 0 Å². The van der Waals surface area contributed by atoms with Crippen LogP contribution in [0.2, 0.25) is 0 Å². The second kappa shape index (κ2) is 4.43.